The second-order valence-electron chi connectivity index (χ2n) is 6.54. The van der Waals surface area contributed by atoms with Crippen molar-refractivity contribution in [2.45, 2.75) is 20.4 Å². The summed E-state index contributed by atoms with van der Waals surface area (Å²) in [5.74, 6) is 0.148. The van der Waals surface area contributed by atoms with Crippen LogP contribution in [0.5, 0.6) is 0 Å². The number of aromatic nitrogens is 2. The smallest absolute Gasteiger partial charge is 0.255 e. The zero-order chi connectivity index (χ0) is 18.1. The van der Waals surface area contributed by atoms with Gasteiger partial charge in [-0.2, -0.15) is 0 Å². The summed E-state index contributed by atoms with van der Waals surface area (Å²) in [6, 6.07) is 6.25. The molecule has 1 aliphatic rings. The molecule has 0 bridgehead atoms. The first-order valence-corrected chi connectivity index (χ1v) is 10.5. The van der Waals surface area contributed by atoms with E-state index >= 15 is 0 Å². The summed E-state index contributed by atoms with van der Waals surface area (Å²) in [5, 5.41) is 5.14. The Morgan fingerprint density at radius 3 is 2.62 bits per heavy atom. The fourth-order valence-electron chi connectivity index (χ4n) is 3.46. The van der Waals surface area contributed by atoms with Crippen molar-refractivity contribution in [3.05, 3.63) is 57.0 Å². The molecule has 0 aromatic carbocycles. The molecule has 4 rings (SSSR count). The van der Waals surface area contributed by atoms with Gasteiger partial charge in [0.15, 0.2) is 5.13 Å². The zero-order valence-electron chi connectivity index (χ0n) is 15.0. The van der Waals surface area contributed by atoms with Gasteiger partial charge in [0, 0.05) is 54.0 Å². The van der Waals surface area contributed by atoms with Crippen molar-refractivity contribution >= 4 is 33.7 Å². The molecule has 1 saturated heterocycles. The van der Waals surface area contributed by atoms with Gasteiger partial charge in [-0.25, -0.2) is 4.98 Å². The number of carbonyl (C=O) groups is 1. The maximum absolute atomic E-state index is 13.1. The van der Waals surface area contributed by atoms with Crippen LogP contribution in [0.2, 0.25) is 0 Å². The van der Waals surface area contributed by atoms with Crippen LogP contribution in [0, 0.1) is 13.8 Å². The molecule has 0 atom stereocenters. The number of thiophene rings is 1. The molecule has 3 aromatic rings. The van der Waals surface area contributed by atoms with E-state index in [0.717, 1.165) is 54.8 Å². The molecule has 0 radical (unpaired) electrons. The molecular formula is C19H22N4OS2. The monoisotopic (exact) mass is 386 g/mol. The molecule has 1 fully saturated rings. The van der Waals surface area contributed by atoms with E-state index in [1.54, 1.807) is 22.7 Å². The molecule has 0 saturated carbocycles. The zero-order valence-corrected chi connectivity index (χ0v) is 16.6. The molecule has 4 heterocycles. The molecule has 7 heteroatoms. The van der Waals surface area contributed by atoms with E-state index in [-0.39, 0.29) is 5.91 Å². The van der Waals surface area contributed by atoms with Gasteiger partial charge in [-0.15, -0.1) is 22.7 Å². The van der Waals surface area contributed by atoms with Crippen LogP contribution in [0.25, 0.3) is 0 Å². The highest BCUT2D eigenvalue weighted by atomic mass is 32.1. The number of anilines is 1. The number of piperazine rings is 1. The number of hydrogen-bond acceptors (Lipinski definition) is 5. The normalized spacial score (nSPS) is 14.8. The molecule has 0 aliphatic carbocycles. The van der Waals surface area contributed by atoms with Crippen molar-refractivity contribution in [1.82, 2.24) is 14.5 Å². The highest BCUT2D eigenvalue weighted by molar-refractivity contribution is 7.13. The number of thiazole rings is 1. The minimum absolute atomic E-state index is 0.148. The minimum Gasteiger partial charge on any atom is -0.345 e. The van der Waals surface area contributed by atoms with Gasteiger partial charge in [-0.3, -0.25) is 4.79 Å². The highest BCUT2D eigenvalue weighted by Gasteiger charge is 2.26. The van der Waals surface area contributed by atoms with Crippen LogP contribution in [0.1, 0.15) is 26.6 Å². The molecule has 0 spiro atoms. The lowest BCUT2D eigenvalue weighted by molar-refractivity contribution is 0.0746. The van der Waals surface area contributed by atoms with Crippen LogP contribution >= 0.6 is 22.7 Å². The Hall–Kier alpha value is -2.12. The van der Waals surface area contributed by atoms with Crippen LogP contribution in [0.4, 0.5) is 5.13 Å². The molecular weight excluding hydrogens is 364 g/mol. The van der Waals surface area contributed by atoms with Crippen molar-refractivity contribution in [3.8, 4) is 0 Å². The third kappa shape index (κ3) is 3.29. The van der Waals surface area contributed by atoms with Crippen molar-refractivity contribution < 1.29 is 4.79 Å². The maximum Gasteiger partial charge on any atom is 0.255 e. The lowest BCUT2D eigenvalue weighted by Crippen LogP contribution is -2.48. The lowest BCUT2D eigenvalue weighted by atomic mass is 10.2. The Morgan fingerprint density at radius 1 is 1.15 bits per heavy atom. The van der Waals surface area contributed by atoms with Crippen molar-refractivity contribution in [2.75, 3.05) is 31.1 Å². The summed E-state index contributed by atoms with van der Waals surface area (Å²) in [4.78, 5) is 23.0. The molecule has 136 valence electrons. The number of carbonyl (C=O) groups excluding carboxylic acids is 1. The lowest BCUT2D eigenvalue weighted by Gasteiger charge is -2.34. The van der Waals surface area contributed by atoms with Crippen LogP contribution in [0.3, 0.4) is 0 Å². The van der Waals surface area contributed by atoms with Crippen LogP contribution in [-0.4, -0.2) is 46.5 Å². The van der Waals surface area contributed by atoms with E-state index in [0.29, 0.717) is 0 Å². The quantitative estimate of drug-likeness (QED) is 0.687. The minimum atomic E-state index is 0.148. The van der Waals surface area contributed by atoms with E-state index in [9.17, 15) is 4.79 Å². The first kappa shape index (κ1) is 17.3. The molecule has 3 aromatic heterocycles. The first-order valence-electron chi connectivity index (χ1n) is 8.76. The Kier molecular flexibility index (Phi) is 4.82. The van der Waals surface area contributed by atoms with E-state index in [1.165, 1.54) is 4.88 Å². The third-order valence-electron chi connectivity index (χ3n) is 4.95. The van der Waals surface area contributed by atoms with Gasteiger partial charge < -0.3 is 14.4 Å². The Labute approximate surface area is 161 Å². The van der Waals surface area contributed by atoms with E-state index in [2.05, 4.69) is 45.8 Å². The van der Waals surface area contributed by atoms with Crippen LogP contribution < -0.4 is 4.90 Å². The molecule has 26 heavy (non-hydrogen) atoms. The second kappa shape index (κ2) is 7.25. The van der Waals surface area contributed by atoms with Gasteiger partial charge >= 0.3 is 0 Å². The summed E-state index contributed by atoms with van der Waals surface area (Å²) in [6.07, 6.45) is 1.83. The average Bonchev–Trinajstić information content (AvgIpc) is 3.40. The van der Waals surface area contributed by atoms with Gasteiger partial charge in [0.25, 0.3) is 5.91 Å². The van der Waals surface area contributed by atoms with E-state index in [1.807, 2.05) is 22.5 Å². The Balaban J connectivity index is 1.47. The van der Waals surface area contributed by atoms with Crippen molar-refractivity contribution in [2.24, 2.45) is 0 Å². The first-order chi connectivity index (χ1) is 12.6. The van der Waals surface area contributed by atoms with Crippen molar-refractivity contribution in [3.63, 3.8) is 0 Å². The van der Waals surface area contributed by atoms with Crippen molar-refractivity contribution in [1.29, 1.82) is 0 Å². The van der Waals surface area contributed by atoms with E-state index in [4.69, 9.17) is 0 Å². The fraction of sp³-hybridized carbons (Fsp3) is 0.368. The number of nitrogens with zero attached hydrogens (tertiary/aromatic N) is 4. The molecule has 1 aliphatic heterocycles. The second-order valence-corrected chi connectivity index (χ2v) is 8.45. The fourth-order valence-corrected chi connectivity index (χ4v) is 4.85. The van der Waals surface area contributed by atoms with Gasteiger partial charge in [0.1, 0.15) is 0 Å². The van der Waals surface area contributed by atoms with Gasteiger partial charge in [0.2, 0.25) is 0 Å². The summed E-state index contributed by atoms with van der Waals surface area (Å²) in [6.45, 7) is 8.14. The molecule has 0 N–H and O–H groups in total. The largest absolute Gasteiger partial charge is 0.345 e. The van der Waals surface area contributed by atoms with Crippen LogP contribution in [0.15, 0.2) is 35.2 Å². The third-order valence-corrected chi connectivity index (χ3v) is 6.65. The molecule has 1 amide bonds. The molecule has 0 unspecified atom stereocenters. The predicted octanol–water partition coefficient (Wildman–Crippen LogP) is 3.63. The summed E-state index contributed by atoms with van der Waals surface area (Å²) in [7, 11) is 0. The summed E-state index contributed by atoms with van der Waals surface area (Å²) in [5.41, 5.74) is 3.03. The van der Waals surface area contributed by atoms with Gasteiger partial charge in [-0.1, -0.05) is 6.07 Å². The van der Waals surface area contributed by atoms with Gasteiger partial charge in [0.05, 0.1) is 12.1 Å². The topological polar surface area (TPSA) is 41.4 Å². The Morgan fingerprint density at radius 2 is 1.96 bits per heavy atom. The highest BCUT2D eigenvalue weighted by Crippen LogP contribution is 2.23. The Bertz CT molecular complexity index is 875. The average molecular weight is 387 g/mol. The molecule has 5 nitrogen and oxygen atoms in total. The van der Waals surface area contributed by atoms with E-state index < -0.39 is 0 Å². The number of amides is 1. The standard InChI is InChI=1S/C19H22N4OS2/c1-14-12-17(15(2)23(14)13-16-4-3-10-25-16)18(24)21-6-8-22(9-7-21)19-20-5-11-26-19/h3-5,10-12H,6-9,13H2,1-2H3. The number of aryl methyl sites for hydroxylation is 1. The number of rotatable bonds is 4. The van der Waals surface area contributed by atoms with Crippen LogP contribution in [-0.2, 0) is 6.54 Å². The van der Waals surface area contributed by atoms with Gasteiger partial charge in [-0.05, 0) is 31.4 Å². The maximum atomic E-state index is 13.1. The summed E-state index contributed by atoms with van der Waals surface area (Å²) >= 11 is 3.41. The summed E-state index contributed by atoms with van der Waals surface area (Å²) < 4.78 is 2.24. The predicted molar refractivity (Wildman–Crippen MR) is 108 cm³/mol. The SMILES string of the molecule is Cc1cc(C(=O)N2CCN(c3nccs3)CC2)c(C)n1Cc1cccs1. The number of hydrogen-bond donors (Lipinski definition) is 0.